The third-order valence-electron chi connectivity index (χ3n) is 2.62. The van der Waals surface area contributed by atoms with E-state index in [4.69, 9.17) is 9.84 Å². The summed E-state index contributed by atoms with van der Waals surface area (Å²) in [4.78, 5) is 13.6. The van der Waals surface area contributed by atoms with Crippen molar-refractivity contribution in [3.8, 4) is 5.75 Å². The van der Waals surface area contributed by atoms with Gasteiger partial charge in [-0.05, 0) is 12.1 Å². The average Bonchev–Trinajstić information content (AvgIpc) is 2.85. The SMILES string of the molecule is COc1ccccc1CNc1cc[nH]c1C(=O)O. The molecule has 0 aliphatic carbocycles. The lowest BCUT2D eigenvalue weighted by molar-refractivity contribution is 0.0692. The quantitative estimate of drug-likeness (QED) is 0.757. The van der Waals surface area contributed by atoms with Crippen LogP contribution in [0.4, 0.5) is 5.69 Å². The Bertz CT molecular complexity index is 549. The summed E-state index contributed by atoms with van der Waals surface area (Å²) in [5.41, 5.74) is 1.69. The van der Waals surface area contributed by atoms with Gasteiger partial charge in [0.05, 0.1) is 12.8 Å². The number of anilines is 1. The van der Waals surface area contributed by atoms with Gasteiger partial charge in [0.25, 0.3) is 0 Å². The summed E-state index contributed by atoms with van der Waals surface area (Å²) in [5.74, 6) is -0.208. The number of carboxylic acid groups (broad SMARTS) is 1. The molecule has 3 N–H and O–H groups in total. The van der Waals surface area contributed by atoms with Gasteiger partial charge in [0.2, 0.25) is 0 Å². The van der Waals surface area contributed by atoms with Crippen LogP contribution in [0.25, 0.3) is 0 Å². The van der Waals surface area contributed by atoms with E-state index in [1.54, 1.807) is 19.4 Å². The highest BCUT2D eigenvalue weighted by Gasteiger charge is 2.11. The predicted octanol–water partition coefficient (Wildman–Crippen LogP) is 2.33. The lowest BCUT2D eigenvalue weighted by Crippen LogP contribution is -2.06. The number of rotatable bonds is 5. The summed E-state index contributed by atoms with van der Waals surface area (Å²) in [7, 11) is 1.61. The maximum atomic E-state index is 10.9. The molecule has 0 aliphatic heterocycles. The number of aromatic nitrogens is 1. The van der Waals surface area contributed by atoms with E-state index in [1.165, 1.54) is 0 Å². The number of para-hydroxylation sites is 1. The van der Waals surface area contributed by atoms with Crippen LogP contribution in [0.3, 0.4) is 0 Å². The van der Waals surface area contributed by atoms with E-state index in [0.717, 1.165) is 11.3 Å². The van der Waals surface area contributed by atoms with Crippen LogP contribution in [0.5, 0.6) is 5.75 Å². The minimum atomic E-state index is -0.984. The lowest BCUT2D eigenvalue weighted by atomic mass is 10.2. The molecule has 0 spiro atoms. The largest absolute Gasteiger partial charge is 0.496 e. The molecule has 1 heterocycles. The summed E-state index contributed by atoms with van der Waals surface area (Å²) in [6.07, 6.45) is 1.59. The van der Waals surface area contributed by atoms with Crippen LogP contribution in [0.15, 0.2) is 36.5 Å². The molecule has 0 bridgehead atoms. The number of methoxy groups -OCH3 is 1. The van der Waals surface area contributed by atoms with Crippen molar-refractivity contribution >= 4 is 11.7 Å². The van der Waals surface area contributed by atoms with Gasteiger partial charge in [0.15, 0.2) is 0 Å². The molecule has 0 fully saturated rings. The summed E-state index contributed by atoms with van der Waals surface area (Å²) < 4.78 is 5.23. The Hall–Kier alpha value is -2.43. The van der Waals surface area contributed by atoms with Crippen molar-refractivity contribution in [3.63, 3.8) is 0 Å². The zero-order valence-corrected chi connectivity index (χ0v) is 9.93. The van der Waals surface area contributed by atoms with Gasteiger partial charge in [-0.25, -0.2) is 4.79 Å². The molecule has 0 saturated heterocycles. The monoisotopic (exact) mass is 246 g/mol. The zero-order chi connectivity index (χ0) is 13.0. The number of H-pyrrole nitrogens is 1. The van der Waals surface area contributed by atoms with Crippen molar-refractivity contribution in [2.75, 3.05) is 12.4 Å². The molecule has 0 unspecified atom stereocenters. The van der Waals surface area contributed by atoms with E-state index in [9.17, 15) is 4.79 Å². The number of hydrogen-bond acceptors (Lipinski definition) is 3. The number of hydrogen-bond donors (Lipinski definition) is 3. The summed E-state index contributed by atoms with van der Waals surface area (Å²) >= 11 is 0. The zero-order valence-electron chi connectivity index (χ0n) is 9.93. The number of carbonyl (C=O) groups is 1. The molecule has 0 saturated carbocycles. The van der Waals surface area contributed by atoms with E-state index in [2.05, 4.69) is 10.3 Å². The van der Waals surface area contributed by atoms with Crippen molar-refractivity contribution in [2.24, 2.45) is 0 Å². The molecule has 0 amide bonds. The van der Waals surface area contributed by atoms with Crippen molar-refractivity contribution in [3.05, 3.63) is 47.8 Å². The second kappa shape index (κ2) is 5.27. The molecule has 1 aromatic carbocycles. The average molecular weight is 246 g/mol. The predicted molar refractivity (Wildman–Crippen MR) is 68.1 cm³/mol. The van der Waals surface area contributed by atoms with Crippen LogP contribution >= 0.6 is 0 Å². The smallest absolute Gasteiger partial charge is 0.354 e. The van der Waals surface area contributed by atoms with Crippen molar-refractivity contribution in [1.29, 1.82) is 0 Å². The maximum Gasteiger partial charge on any atom is 0.354 e. The van der Waals surface area contributed by atoms with Gasteiger partial charge in [-0.1, -0.05) is 18.2 Å². The Balaban J connectivity index is 2.11. The highest BCUT2D eigenvalue weighted by molar-refractivity contribution is 5.92. The fourth-order valence-electron chi connectivity index (χ4n) is 1.73. The standard InChI is InChI=1S/C13H14N2O3/c1-18-11-5-3-2-4-9(11)8-15-10-6-7-14-12(10)13(16)17/h2-7,14-15H,8H2,1H3,(H,16,17). The number of aromatic carboxylic acids is 1. The molecule has 1 aromatic heterocycles. The minimum Gasteiger partial charge on any atom is -0.496 e. The summed E-state index contributed by atoms with van der Waals surface area (Å²) in [5, 5.41) is 12.0. The second-order valence-electron chi connectivity index (χ2n) is 3.74. The molecule has 0 atom stereocenters. The van der Waals surface area contributed by atoms with Crippen LogP contribution < -0.4 is 10.1 Å². The molecule has 5 heteroatoms. The Morgan fingerprint density at radius 2 is 2.17 bits per heavy atom. The van der Waals surface area contributed by atoms with Crippen LogP contribution in [0, 0.1) is 0 Å². The molecule has 18 heavy (non-hydrogen) atoms. The van der Waals surface area contributed by atoms with Crippen molar-refractivity contribution in [1.82, 2.24) is 4.98 Å². The van der Waals surface area contributed by atoms with Gasteiger partial charge in [-0.15, -0.1) is 0 Å². The van der Waals surface area contributed by atoms with Gasteiger partial charge in [0.1, 0.15) is 11.4 Å². The van der Waals surface area contributed by atoms with Gasteiger partial charge in [-0.3, -0.25) is 0 Å². The lowest BCUT2D eigenvalue weighted by Gasteiger charge is -2.09. The molecule has 0 aliphatic rings. The number of nitrogens with one attached hydrogen (secondary N) is 2. The highest BCUT2D eigenvalue weighted by Crippen LogP contribution is 2.20. The third kappa shape index (κ3) is 2.45. The van der Waals surface area contributed by atoms with Gasteiger partial charge in [-0.2, -0.15) is 0 Å². The van der Waals surface area contributed by atoms with Crippen LogP contribution in [-0.2, 0) is 6.54 Å². The molecular weight excluding hydrogens is 232 g/mol. The van der Waals surface area contributed by atoms with Gasteiger partial charge >= 0.3 is 5.97 Å². The first-order valence-electron chi connectivity index (χ1n) is 5.49. The Labute approximate surface area is 104 Å². The number of benzene rings is 1. The van der Waals surface area contributed by atoms with Crippen LogP contribution in [0.1, 0.15) is 16.1 Å². The van der Waals surface area contributed by atoms with E-state index in [-0.39, 0.29) is 5.69 Å². The number of ether oxygens (including phenoxy) is 1. The van der Waals surface area contributed by atoms with Crippen LogP contribution in [0.2, 0.25) is 0 Å². The Kier molecular flexibility index (Phi) is 3.52. The van der Waals surface area contributed by atoms with Gasteiger partial charge < -0.3 is 20.1 Å². The van der Waals surface area contributed by atoms with E-state index < -0.39 is 5.97 Å². The third-order valence-corrected chi connectivity index (χ3v) is 2.62. The number of aromatic amines is 1. The van der Waals surface area contributed by atoms with E-state index in [1.807, 2.05) is 24.3 Å². The fourth-order valence-corrected chi connectivity index (χ4v) is 1.73. The highest BCUT2D eigenvalue weighted by atomic mass is 16.5. The first-order valence-corrected chi connectivity index (χ1v) is 5.49. The molecule has 0 radical (unpaired) electrons. The molecule has 2 rings (SSSR count). The van der Waals surface area contributed by atoms with E-state index >= 15 is 0 Å². The minimum absolute atomic E-state index is 0.157. The fraction of sp³-hybridized carbons (Fsp3) is 0.154. The summed E-state index contributed by atoms with van der Waals surface area (Å²) in [6, 6.07) is 9.29. The second-order valence-corrected chi connectivity index (χ2v) is 3.74. The van der Waals surface area contributed by atoms with E-state index in [0.29, 0.717) is 12.2 Å². The normalized spacial score (nSPS) is 10.1. The first-order chi connectivity index (χ1) is 8.72. The van der Waals surface area contributed by atoms with Crippen LogP contribution in [-0.4, -0.2) is 23.2 Å². The van der Waals surface area contributed by atoms with Crippen molar-refractivity contribution in [2.45, 2.75) is 6.54 Å². The Morgan fingerprint density at radius 1 is 1.39 bits per heavy atom. The molecular formula is C13H14N2O3. The molecule has 5 nitrogen and oxygen atoms in total. The number of carboxylic acids is 1. The maximum absolute atomic E-state index is 10.9. The van der Waals surface area contributed by atoms with Crippen molar-refractivity contribution < 1.29 is 14.6 Å². The molecule has 94 valence electrons. The Morgan fingerprint density at radius 3 is 2.89 bits per heavy atom. The molecule has 2 aromatic rings. The first kappa shape index (κ1) is 12.0. The van der Waals surface area contributed by atoms with Gasteiger partial charge in [0, 0.05) is 18.3 Å². The summed E-state index contributed by atoms with van der Waals surface area (Å²) in [6.45, 7) is 0.502. The topological polar surface area (TPSA) is 74.3 Å².